The van der Waals surface area contributed by atoms with E-state index in [0.717, 1.165) is 10.9 Å². The topological polar surface area (TPSA) is 59.8 Å². The SMILES string of the molecule is CNC(=O)c1cccc2c1ccn2-c1ncccn1. The molecule has 5 heteroatoms. The Morgan fingerprint density at radius 1 is 1.16 bits per heavy atom. The van der Waals surface area contributed by atoms with E-state index >= 15 is 0 Å². The monoisotopic (exact) mass is 252 g/mol. The Kier molecular flexibility index (Phi) is 2.72. The third-order valence-electron chi connectivity index (χ3n) is 2.97. The third-order valence-corrected chi connectivity index (χ3v) is 2.97. The second kappa shape index (κ2) is 4.53. The van der Waals surface area contributed by atoms with Crippen LogP contribution in [0.2, 0.25) is 0 Å². The average molecular weight is 252 g/mol. The lowest BCUT2D eigenvalue weighted by atomic mass is 10.1. The lowest BCUT2D eigenvalue weighted by molar-refractivity contribution is 0.0964. The van der Waals surface area contributed by atoms with Gasteiger partial charge in [-0.3, -0.25) is 9.36 Å². The number of fused-ring (bicyclic) bond motifs is 1. The van der Waals surface area contributed by atoms with Gasteiger partial charge in [-0.05, 0) is 24.3 Å². The molecule has 5 nitrogen and oxygen atoms in total. The number of rotatable bonds is 2. The maximum Gasteiger partial charge on any atom is 0.251 e. The second-order valence-electron chi connectivity index (χ2n) is 4.05. The van der Waals surface area contributed by atoms with Gasteiger partial charge in [0.1, 0.15) is 0 Å². The van der Waals surface area contributed by atoms with Crippen molar-refractivity contribution < 1.29 is 4.79 Å². The van der Waals surface area contributed by atoms with Gasteiger partial charge in [0, 0.05) is 36.6 Å². The maximum atomic E-state index is 11.8. The van der Waals surface area contributed by atoms with Crippen LogP contribution in [-0.4, -0.2) is 27.5 Å². The summed E-state index contributed by atoms with van der Waals surface area (Å²) in [7, 11) is 1.62. The molecule has 0 spiro atoms. The molecule has 2 aromatic heterocycles. The van der Waals surface area contributed by atoms with Gasteiger partial charge in [-0.2, -0.15) is 0 Å². The minimum atomic E-state index is -0.0997. The molecule has 3 rings (SSSR count). The van der Waals surface area contributed by atoms with Crippen molar-refractivity contribution in [1.29, 1.82) is 0 Å². The van der Waals surface area contributed by atoms with Crippen LogP contribution < -0.4 is 5.32 Å². The number of carbonyl (C=O) groups excluding carboxylic acids is 1. The zero-order valence-corrected chi connectivity index (χ0v) is 10.4. The maximum absolute atomic E-state index is 11.8. The number of nitrogens with one attached hydrogen (secondary N) is 1. The normalized spacial score (nSPS) is 10.6. The molecular weight excluding hydrogens is 240 g/mol. The van der Waals surface area contributed by atoms with E-state index in [-0.39, 0.29) is 5.91 Å². The fraction of sp³-hybridized carbons (Fsp3) is 0.0714. The van der Waals surface area contributed by atoms with Crippen LogP contribution in [0.3, 0.4) is 0 Å². The van der Waals surface area contributed by atoms with Crippen LogP contribution in [0.4, 0.5) is 0 Å². The van der Waals surface area contributed by atoms with Crippen molar-refractivity contribution in [2.75, 3.05) is 7.05 Å². The second-order valence-corrected chi connectivity index (χ2v) is 4.05. The molecule has 0 fully saturated rings. The largest absolute Gasteiger partial charge is 0.355 e. The van der Waals surface area contributed by atoms with Crippen LogP contribution in [-0.2, 0) is 0 Å². The van der Waals surface area contributed by atoms with Gasteiger partial charge < -0.3 is 5.32 Å². The summed E-state index contributed by atoms with van der Waals surface area (Å²) in [6.07, 6.45) is 5.25. The molecule has 3 aromatic rings. The Morgan fingerprint density at radius 2 is 1.95 bits per heavy atom. The first-order valence-corrected chi connectivity index (χ1v) is 5.91. The quantitative estimate of drug-likeness (QED) is 0.756. The molecule has 0 saturated carbocycles. The van der Waals surface area contributed by atoms with Crippen LogP contribution in [0.5, 0.6) is 0 Å². The number of hydrogen-bond donors (Lipinski definition) is 1. The van der Waals surface area contributed by atoms with Crippen LogP contribution in [0.15, 0.2) is 48.9 Å². The third kappa shape index (κ3) is 1.85. The van der Waals surface area contributed by atoms with Gasteiger partial charge >= 0.3 is 0 Å². The fourth-order valence-electron chi connectivity index (χ4n) is 2.09. The number of benzene rings is 1. The molecule has 19 heavy (non-hydrogen) atoms. The molecule has 94 valence electrons. The summed E-state index contributed by atoms with van der Waals surface area (Å²) in [5, 5.41) is 3.53. The van der Waals surface area contributed by atoms with E-state index in [1.54, 1.807) is 31.6 Å². The summed E-state index contributed by atoms with van der Waals surface area (Å²) in [6, 6.07) is 9.27. The van der Waals surface area contributed by atoms with E-state index in [0.29, 0.717) is 11.5 Å². The summed E-state index contributed by atoms with van der Waals surface area (Å²) in [5.41, 5.74) is 1.56. The number of hydrogen-bond acceptors (Lipinski definition) is 3. The molecule has 0 bridgehead atoms. The molecule has 0 saturated heterocycles. The van der Waals surface area contributed by atoms with Crippen molar-refractivity contribution in [3.63, 3.8) is 0 Å². The highest BCUT2D eigenvalue weighted by molar-refractivity contribution is 6.06. The summed E-state index contributed by atoms with van der Waals surface area (Å²) in [5.74, 6) is 0.490. The highest BCUT2D eigenvalue weighted by Crippen LogP contribution is 2.22. The van der Waals surface area contributed by atoms with Gasteiger partial charge in [0.05, 0.1) is 5.52 Å². The molecule has 0 aliphatic heterocycles. The Balaban J connectivity index is 2.23. The summed E-state index contributed by atoms with van der Waals surface area (Å²) < 4.78 is 1.86. The number of amides is 1. The van der Waals surface area contributed by atoms with E-state index in [1.165, 1.54) is 0 Å². The van der Waals surface area contributed by atoms with Crippen molar-refractivity contribution in [2.45, 2.75) is 0 Å². The van der Waals surface area contributed by atoms with E-state index in [2.05, 4.69) is 15.3 Å². The van der Waals surface area contributed by atoms with E-state index in [4.69, 9.17) is 0 Å². The summed E-state index contributed by atoms with van der Waals surface area (Å²) in [4.78, 5) is 20.3. The molecule has 1 N–H and O–H groups in total. The first kappa shape index (κ1) is 11.4. The highest BCUT2D eigenvalue weighted by atomic mass is 16.1. The zero-order valence-electron chi connectivity index (χ0n) is 10.4. The van der Waals surface area contributed by atoms with Gasteiger partial charge in [0.15, 0.2) is 0 Å². The molecule has 0 radical (unpaired) electrons. The summed E-state index contributed by atoms with van der Waals surface area (Å²) in [6.45, 7) is 0. The average Bonchev–Trinajstić information content (AvgIpc) is 2.91. The lowest BCUT2D eigenvalue weighted by Crippen LogP contribution is -2.17. The Labute approximate surface area is 109 Å². The lowest BCUT2D eigenvalue weighted by Gasteiger charge is -2.04. The Hall–Kier alpha value is -2.69. The first-order valence-electron chi connectivity index (χ1n) is 5.91. The zero-order chi connectivity index (χ0) is 13.2. The van der Waals surface area contributed by atoms with E-state index in [1.807, 2.05) is 29.0 Å². The minimum absolute atomic E-state index is 0.0997. The van der Waals surface area contributed by atoms with Gasteiger partial charge in [-0.25, -0.2) is 9.97 Å². The molecule has 1 amide bonds. The van der Waals surface area contributed by atoms with Gasteiger partial charge in [0.2, 0.25) is 5.95 Å². The van der Waals surface area contributed by atoms with Crippen molar-refractivity contribution in [1.82, 2.24) is 19.9 Å². The van der Waals surface area contributed by atoms with Crippen LogP contribution in [0, 0.1) is 0 Å². The number of carbonyl (C=O) groups is 1. The molecule has 1 aromatic carbocycles. The molecule has 2 heterocycles. The van der Waals surface area contributed by atoms with Crippen molar-refractivity contribution in [3.05, 3.63) is 54.5 Å². The fourth-order valence-corrected chi connectivity index (χ4v) is 2.09. The van der Waals surface area contributed by atoms with E-state index < -0.39 is 0 Å². The van der Waals surface area contributed by atoms with Crippen molar-refractivity contribution in [3.8, 4) is 5.95 Å². The molecule has 0 aliphatic carbocycles. The standard InChI is InChI=1S/C14H12N4O/c1-15-13(19)11-4-2-5-12-10(11)6-9-18(12)14-16-7-3-8-17-14/h2-9H,1H3,(H,15,19). The molecular formula is C14H12N4O. The number of aromatic nitrogens is 3. The Bertz CT molecular complexity index is 734. The highest BCUT2D eigenvalue weighted by Gasteiger charge is 2.12. The molecule has 0 atom stereocenters. The van der Waals surface area contributed by atoms with Gasteiger partial charge in [-0.1, -0.05) is 6.07 Å². The predicted molar refractivity (Wildman–Crippen MR) is 72.3 cm³/mol. The van der Waals surface area contributed by atoms with Crippen LogP contribution in [0.1, 0.15) is 10.4 Å². The van der Waals surface area contributed by atoms with Crippen molar-refractivity contribution >= 4 is 16.8 Å². The summed E-state index contributed by atoms with van der Waals surface area (Å²) >= 11 is 0. The minimum Gasteiger partial charge on any atom is -0.355 e. The van der Waals surface area contributed by atoms with Crippen LogP contribution in [0.25, 0.3) is 16.9 Å². The molecule has 0 unspecified atom stereocenters. The van der Waals surface area contributed by atoms with Gasteiger partial charge in [0.25, 0.3) is 5.91 Å². The van der Waals surface area contributed by atoms with Crippen molar-refractivity contribution in [2.24, 2.45) is 0 Å². The smallest absolute Gasteiger partial charge is 0.251 e. The predicted octanol–water partition coefficient (Wildman–Crippen LogP) is 1.78. The van der Waals surface area contributed by atoms with E-state index in [9.17, 15) is 4.79 Å². The van der Waals surface area contributed by atoms with Gasteiger partial charge in [-0.15, -0.1) is 0 Å². The molecule has 0 aliphatic rings. The van der Waals surface area contributed by atoms with Crippen LogP contribution >= 0.6 is 0 Å². The first-order chi connectivity index (χ1) is 9.31. The Morgan fingerprint density at radius 3 is 2.68 bits per heavy atom. The number of nitrogens with zero attached hydrogens (tertiary/aromatic N) is 3.